The van der Waals surface area contributed by atoms with Gasteiger partial charge in [-0.2, -0.15) is 0 Å². The zero-order chi connectivity index (χ0) is 16.1. The molecule has 0 bridgehead atoms. The predicted octanol–water partition coefficient (Wildman–Crippen LogP) is 0.593. The van der Waals surface area contributed by atoms with E-state index in [-0.39, 0.29) is 12.6 Å². The number of rotatable bonds is 6. The molecule has 0 amide bonds. The van der Waals surface area contributed by atoms with Gasteiger partial charge < -0.3 is 20.1 Å². The van der Waals surface area contributed by atoms with Crippen LogP contribution in [0.4, 0.5) is 0 Å². The first kappa shape index (κ1) is 17.4. The molecule has 0 radical (unpaired) electrons. The van der Waals surface area contributed by atoms with Crippen molar-refractivity contribution < 1.29 is 20.1 Å². The third-order valence-corrected chi connectivity index (χ3v) is 4.61. The Balaban J connectivity index is 2.11. The van der Waals surface area contributed by atoms with Gasteiger partial charge in [0.1, 0.15) is 6.10 Å². The lowest BCUT2D eigenvalue weighted by atomic mass is 9.90. The summed E-state index contributed by atoms with van der Waals surface area (Å²) in [6.45, 7) is 3.43. The lowest BCUT2D eigenvalue weighted by Gasteiger charge is -2.45. The molecule has 5 heteroatoms. The van der Waals surface area contributed by atoms with Crippen molar-refractivity contribution in [2.24, 2.45) is 0 Å². The highest BCUT2D eigenvalue weighted by Crippen LogP contribution is 2.26. The maximum absolute atomic E-state index is 10.3. The number of aliphatic hydroxyl groups excluding tert-OH is 3. The number of hydrogen-bond acceptors (Lipinski definition) is 5. The second-order valence-corrected chi connectivity index (χ2v) is 6.10. The Kier molecular flexibility index (Phi) is 6.35. The maximum Gasteiger partial charge on any atom is 0.109 e. The molecule has 1 fully saturated rings. The van der Waals surface area contributed by atoms with Crippen LogP contribution < -0.4 is 0 Å². The number of piperidine rings is 1. The number of nitrogens with zero attached hydrogens (tertiary/aromatic N) is 1. The smallest absolute Gasteiger partial charge is 0.109 e. The molecule has 124 valence electrons. The van der Waals surface area contributed by atoms with Gasteiger partial charge in [0.25, 0.3) is 0 Å². The summed E-state index contributed by atoms with van der Waals surface area (Å²) in [5.41, 5.74) is 1.24. The minimum Gasteiger partial charge on any atom is -0.396 e. The van der Waals surface area contributed by atoms with E-state index in [9.17, 15) is 15.3 Å². The van der Waals surface area contributed by atoms with Crippen LogP contribution in [0.5, 0.6) is 0 Å². The average molecular weight is 309 g/mol. The van der Waals surface area contributed by atoms with Crippen molar-refractivity contribution in [3.8, 4) is 0 Å². The van der Waals surface area contributed by atoms with Crippen LogP contribution >= 0.6 is 0 Å². The van der Waals surface area contributed by atoms with Crippen molar-refractivity contribution in [2.45, 2.75) is 43.6 Å². The molecule has 0 aliphatic carbocycles. The van der Waals surface area contributed by atoms with E-state index in [0.717, 1.165) is 6.54 Å². The van der Waals surface area contributed by atoms with Crippen molar-refractivity contribution in [1.82, 2.24) is 4.90 Å². The summed E-state index contributed by atoms with van der Waals surface area (Å²) in [4.78, 5) is 2.12. The maximum atomic E-state index is 10.3. The molecule has 1 saturated heterocycles. The van der Waals surface area contributed by atoms with Crippen LogP contribution in [-0.4, -0.2) is 71.4 Å². The van der Waals surface area contributed by atoms with Crippen molar-refractivity contribution in [1.29, 1.82) is 0 Å². The summed E-state index contributed by atoms with van der Waals surface area (Å²) in [5, 5.41) is 29.7. The van der Waals surface area contributed by atoms with Gasteiger partial charge in [-0.05, 0) is 17.9 Å². The fourth-order valence-electron chi connectivity index (χ4n) is 3.29. The average Bonchev–Trinajstić information content (AvgIpc) is 2.55. The fourth-order valence-corrected chi connectivity index (χ4v) is 3.29. The topological polar surface area (TPSA) is 73.2 Å². The summed E-state index contributed by atoms with van der Waals surface area (Å²) >= 11 is 0. The van der Waals surface area contributed by atoms with Crippen LogP contribution in [-0.2, 0) is 4.74 Å². The molecule has 5 nitrogen and oxygen atoms in total. The molecule has 0 unspecified atom stereocenters. The third-order valence-electron chi connectivity index (χ3n) is 4.61. The van der Waals surface area contributed by atoms with E-state index in [1.807, 2.05) is 18.2 Å². The Hall–Kier alpha value is -0.980. The van der Waals surface area contributed by atoms with Gasteiger partial charge in [0.2, 0.25) is 0 Å². The molecule has 22 heavy (non-hydrogen) atoms. The van der Waals surface area contributed by atoms with Gasteiger partial charge >= 0.3 is 0 Å². The number of ether oxygens (including phenoxy) is 1. The van der Waals surface area contributed by atoms with Gasteiger partial charge in [-0.1, -0.05) is 37.3 Å². The number of benzene rings is 1. The van der Waals surface area contributed by atoms with E-state index in [2.05, 4.69) is 24.0 Å². The lowest BCUT2D eigenvalue weighted by Crippen LogP contribution is -2.62. The van der Waals surface area contributed by atoms with Crippen LogP contribution in [0.3, 0.4) is 0 Å². The second kappa shape index (κ2) is 8.04. The first-order valence-corrected chi connectivity index (χ1v) is 7.87. The van der Waals surface area contributed by atoms with Crippen LogP contribution in [0.25, 0.3) is 0 Å². The monoisotopic (exact) mass is 309 g/mol. The first-order chi connectivity index (χ1) is 10.6. The zero-order valence-corrected chi connectivity index (χ0v) is 13.3. The molecule has 0 aromatic heterocycles. The molecule has 1 aliphatic rings. The van der Waals surface area contributed by atoms with Crippen LogP contribution in [0.1, 0.15) is 24.8 Å². The molecule has 1 heterocycles. The minimum absolute atomic E-state index is 0.0116. The van der Waals surface area contributed by atoms with Crippen molar-refractivity contribution in [2.75, 3.05) is 26.8 Å². The van der Waals surface area contributed by atoms with Gasteiger partial charge in [0.15, 0.2) is 0 Å². The highest BCUT2D eigenvalue weighted by Gasteiger charge is 2.42. The standard InChI is InChI=1S/C17H27NO4/c1-12(13-6-4-3-5-7-13)10-18-11-15(22-2)17(21)16(20)14(18)8-9-19/h3-7,12,14-17,19-21H,8-11H2,1-2H3/t12-,14-,15+,16-,17-/m1/s1. The highest BCUT2D eigenvalue weighted by atomic mass is 16.5. The number of methoxy groups -OCH3 is 1. The largest absolute Gasteiger partial charge is 0.396 e. The zero-order valence-electron chi connectivity index (χ0n) is 13.3. The van der Waals surface area contributed by atoms with E-state index >= 15 is 0 Å². The van der Waals surface area contributed by atoms with Gasteiger partial charge in [-0.25, -0.2) is 0 Å². The summed E-state index contributed by atoms with van der Waals surface area (Å²) in [6.07, 6.45) is -1.79. The van der Waals surface area contributed by atoms with Gasteiger partial charge in [-0.15, -0.1) is 0 Å². The Morgan fingerprint density at radius 1 is 1.23 bits per heavy atom. The van der Waals surface area contributed by atoms with Crippen molar-refractivity contribution in [3.05, 3.63) is 35.9 Å². The third kappa shape index (κ3) is 3.86. The van der Waals surface area contributed by atoms with E-state index in [1.165, 1.54) is 5.56 Å². The van der Waals surface area contributed by atoms with Crippen LogP contribution in [0, 0.1) is 0 Å². The lowest BCUT2D eigenvalue weighted by molar-refractivity contribution is -0.150. The number of likely N-dealkylation sites (tertiary alicyclic amines) is 1. The van der Waals surface area contributed by atoms with Gasteiger partial charge in [-0.3, -0.25) is 4.90 Å². The van der Waals surface area contributed by atoms with E-state index in [1.54, 1.807) is 7.11 Å². The first-order valence-electron chi connectivity index (χ1n) is 7.87. The van der Waals surface area contributed by atoms with Crippen LogP contribution in [0.15, 0.2) is 30.3 Å². The molecular weight excluding hydrogens is 282 g/mol. The molecule has 1 aromatic carbocycles. The normalized spacial score (nSPS) is 31.1. The van der Waals surface area contributed by atoms with Crippen molar-refractivity contribution >= 4 is 0 Å². The number of hydrogen-bond donors (Lipinski definition) is 3. The van der Waals surface area contributed by atoms with E-state index in [0.29, 0.717) is 18.9 Å². The van der Waals surface area contributed by atoms with E-state index < -0.39 is 18.3 Å². The second-order valence-electron chi connectivity index (χ2n) is 6.10. The van der Waals surface area contributed by atoms with E-state index in [4.69, 9.17) is 4.74 Å². The summed E-state index contributed by atoms with van der Waals surface area (Å²) in [6, 6.07) is 9.96. The molecule has 1 aliphatic heterocycles. The summed E-state index contributed by atoms with van der Waals surface area (Å²) in [5.74, 6) is 0.294. The molecule has 0 saturated carbocycles. The molecule has 5 atom stereocenters. The van der Waals surface area contributed by atoms with Crippen LogP contribution in [0.2, 0.25) is 0 Å². The Bertz CT molecular complexity index is 442. The fraction of sp³-hybridized carbons (Fsp3) is 0.647. The van der Waals surface area contributed by atoms with Crippen molar-refractivity contribution in [3.63, 3.8) is 0 Å². The molecule has 2 rings (SSSR count). The number of aliphatic hydroxyl groups is 3. The molecule has 0 spiro atoms. The Morgan fingerprint density at radius 2 is 1.91 bits per heavy atom. The quantitative estimate of drug-likeness (QED) is 0.717. The Labute approximate surface area is 132 Å². The van der Waals surface area contributed by atoms with Gasteiger partial charge in [0, 0.05) is 32.8 Å². The predicted molar refractivity (Wildman–Crippen MR) is 84.7 cm³/mol. The summed E-state index contributed by atoms with van der Waals surface area (Å²) < 4.78 is 5.30. The minimum atomic E-state index is -0.912. The summed E-state index contributed by atoms with van der Waals surface area (Å²) in [7, 11) is 1.55. The molecule has 3 N–H and O–H groups in total. The molecule has 1 aromatic rings. The van der Waals surface area contributed by atoms with Gasteiger partial charge in [0.05, 0.1) is 12.2 Å². The SMILES string of the molecule is CO[C@H]1CN(C[C@@H](C)c2ccccc2)[C@H](CCO)[C@@H](O)[C@@H]1O. The highest BCUT2D eigenvalue weighted by molar-refractivity contribution is 5.19. The Morgan fingerprint density at radius 3 is 2.50 bits per heavy atom. The molecular formula is C17H27NO4.